The van der Waals surface area contributed by atoms with Gasteiger partial charge in [-0.2, -0.15) is 5.26 Å². The average molecular weight is 588 g/mol. The smallest absolute Gasteiger partial charge is 0.257 e. The van der Waals surface area contributed by atoms with Crippen molar-refractivity contribution in [3.05, 3.63) is 91.4 Å². The van der Waals surface area contributed by atoms with E-state index in [1.54, 1.807) is 24.3 Å². The molecule has 0 heterocycles. The van der Waals surface area contributed by atoms with E-state index >= 15 is 0 Å². The van der Waals surface area contributed by atoms with E-state index in [2.05, 4.69) is 10.6 Å². The van der Waals surface area contributed by atoms with Gasteiger partial charge in [0.15, 0.2) is 0 Å². The summed E-state index contributed by atoms with van der Waals surface area (Å²) < 4.78 is -1.35. The van der Waals surface area contributed by atoms with Crippen molar-refractivity contribution in [2.75, 3.05) is 10.6 Å². The fraction of sp³-hybridized carbons (Fsp3) is 0.125. The second-order valence-corrected chi connectivity index (χ2v) is 10.9. The lowest BCUT2D eigenvalue weighted by Gasteiger charge is -2.11. The highest BCUT2D eigenvalue weighted by molar-refractivity contribution is 6.53. The average Bonchev–Trinajstić information content (AvgIpc) is 3.36. The van der Waals surface area contributed by atoms with Crippen molar-refractivity contribution in [1.29, 1.82) is 5.26 Å². The molecule has 1 fully saturated rings. The minimum Gasteiger partial charge on any atom is -0.326 e. The molecule has 2 N–H and O–H groups in total. The number of nitrogens with zero attached hydrogens (tertiary/aromatic N) is 1. The van der Waals surface area contributed by atoms with E-state index in [1.807, 2.05) is 6.07 Å². The van der Waals surface area contributed by atoms with Crippen molar-refractivity contribution in [2.24, 2.45) is 5.92 Å². The molecule has 11 heteroatoms. The van der Waals surface area contributed by atoms with Gasteiger partial charge >= 0.3 is 0 Å². The zero-order chi connectivity index (χ0) is 25.5. The molecular weight excluding hydrogens is 575 g/mol. The van der Waals surface area contributed by atoms with Gasteiger partial charge in [-0.05, 0) is 60.2 Å². The monoisotopic (exact) mass is 585 g/mol. The van der Waals surface area contributed by atoms with Crippen LogP contribution in [-0.4, -0.2) is 16.1 Å². The lowest BCUT2D eigenvalue weighted by molar-refractivity contribution is -0.117. The summed E-state index contributed by atoms with van der Waals surface area (Å²) in [4.78, 5) is 25.8. The van der Waals surface area contributed by atoms with Crippen LogP contribution < -0.4 is 10.6 Å². The zero-order valence-corrected chi connectivity index (χ0v) is 21.9. The number of rotatable bonds is 5. The van der Waals surface area contributed by atoms with Crippen molar-refractivity contribution >= 4 is 92.8 Å². The van der Waals surface area contributed by atoms with Gasteiger partial charge in [-0.3, -0.25) is 9.59 Å². The van der Waals surface area contributed by atoms with Crippen LogP contribution in [0.25, 0.3) is 0 Å². The molecular formula is C24H13Cl6N3O2. The first kappa shape index (κ1) is 25.9. The summed E-state index contributed by atoms with van der Waals surface area (Å²) in [6.07, 6.45) is 0. The van der Waals surface area contributed by atoms with Crippen LogP contribution in [0, 0.1) is 17.2 Å². The largest absolute Gasteiger partial charge is 0.326 e. The highest BCUT2D eigenvalue weighted by Crippen LogP contribution is 2.65. The number of amides is 2. The number of carbonyl (C=O) groups excluding carboxylic acids is 2. The third-order valence-electron chi connectivity index (χ3n) is 5.41. The number of nitriles is 1. The van der Waals surface area contributed by atoms with E-state index in [4.69, 9.17) is 74.9 Å². The lowest BCUT2D eigenvalue weighted by atomic mass is 10.1. The lowest BCUT2D eigenvalue weighted by Crippen LogP contribution is -2.18. The van der Waals surface area contributed by atoms with E-state index in [9.17, 15) is 9.59 Å². The number of nitrogens with one attached hydrogen (secondary N) is 2. The molecule has 0 spiro atoms. The molecule has 3 aromatic rings. The van der Waals surface area contributed by atoms with Crippen molar-refractivity contribution in [2.45, 2.75) is 10.3 Å². The van der Waals surface area contributed by atoms with Gasteiger partial charge in [-0.25, -0.2) is 0 Å². The second-order valence-electron chi connectivity index (χ2n) is 7.78. The van der Waals surface area contributed by atoms with Crippen LogP contribution in [0.5, 0.6) is 0 Å². The number of anilines is 2. The topological polar surface area (TPSA) is 82.0 Å². The van der Waals surface area contributed by atoms with Crippen LogP contribution in [0.15, 0.2) is 54.6 Å². The molecule has 0 radical (unpaired) electrons. The Kier molecular flexibility index (Phi) is 7.45. The zero-order valence-electron chi connectivity index (χ0n) is 17.4. The molecule has 35 heavy (non-hydrogen) atoms. The summed E-state index contributed by atoms with van der Waals surface area (Å²) in [5.41, 5.74) is 1.73. The number of hydrogen-bond acceptors (Lipinski definition) is 3. The molecule has 2 unspecified atom stereocenters. The first-order valence-electron chi connectivity index (χ1n) is 9.96. The molecule has 1 aliphatic rings. The summed E-state index contributed by atoms with van der Waals surface area (Å²) in [7, 11) is 0. The predicted molar refractivity (Wildman–Crippen MR) is 141 cm³/mol. The molecule has 2 atom stereocenters. The van der Waals surface area contributed by atoms with Crippen LogP contribution in [0.2, 0.25) is 20.1 Å². The third kappa shape index (κ3) is 5.49. The van der Waals surface area contributed by atoms with Gasteiger partial charge in [-0.1, -0.05) is 46.4 Å². The Balaban J connectivity index is 1.51. The number of hydrogen-bond donors (Lipinski definition) is 2. The fourth-order valence-electron chi connectivity index (χ4n) is 3.70. The van der Waals surface area contributed by atoms with Gasteiger partial charge in [0.05, 0.1) is 27.1 Å². The second kappa shape index (κ2) is 10.1. The Hall–Kier alpha value is -2.17. The summed E-state index contributed by atoms with van der Waals surface area (Å²) in [5.74, 6) is -2.26. The molecule has 3 aromatic carbocycles. The van der Waals surface area contributed by atoms with Crippen molar-refractivity contribution in [1.82, 2.24) is 0 Å². The number of halogens is 6. The Labute approximate surface area is 230 Å². The third-order valence-corrected chi connectivity index (χ3v) is 7.43. The molecule has 178 valence electrons. The maximum Gasteiger partial charge on any atom is 0.257 e. The molecule has 4 rings (SSSR count). The van der Waals surface area contributed by atoms with Crippen molar-refractivity contribution < 1.29 is 9.59 Å². The van der Waals surface area contributed by atoms with Gasteiger partial charge in [0.1, 0.15) is 10.4 Å². The molecule has 1 saturated carbocycles. The van der Waals surface area contributed by atoms with Crippen LogP contribution in [0.1, 0.15) is 27.4 Å². The number of benzene rings is 3. The Bertz CT molecular complexity index is 1380. The van der Waals surface area contributed by atoms with E-state index in [1.165, 1.54) is 30.3 Å². The fourth-order valence-corrected chi connectivity index (χ4v) is 5.50. The molecule has 1 aliphatic carbocycles. The number of carbonyl (C=O) groups is 2. The minimum atomic E-state index is -1.35. The maximum atomic E-state index is 13.0. The molecule has 5 nitrogen and oxygen atoms in total. The Morgan fingerprint density at radius 3 is 2.09 bits per heavy atom. The first-order valence-corrected chi connectivity index (χ1v) is 12.2. The van der Waals surface area contributed by atoms with E-state index in [0.29, 0.717) is 27.0 Å². The van der Waals surface area contributed by atoms with Gasteiger partial charge in [0.25, 0.3) is 5.91 Å². The van der Waals surface area contributed by atoms with Crippen molar-refractivity contribution in [3.8, 4) is 6.07 Å². The van der Waals surface area contributed by atoms with Crippen LogP contribution in [-0.2, 0) is 4.79 Å². The SMILES string of the molecule is N#Cc1ccc(NC(=O)c2cc(NC(=O)C3C(c4cc(Cl)cc(Cl)c4)C3(Cl)Cl)ccc2Cl)cc1Cl. The van der Waals surface area contributed by atoms with Crippen LogP contribution >= 0.6 is 69.6 Å². The number of alkyl halides is 2. The van der Waals surface area contributed by atoms with E-state index in [-0.39, 0.29) is 21.2 Å². The summed E-state index contributed by atoms with van der Waals surface area (Å²) >= 11 is 37.2. The van der Waals surface area contributed by atoms with Crippen molar-refractivity contribution in [3.63, 3.8) is 0 Å². The quantitative estimate of drug-likeness (QED) is 0.297. The van der Waals surface area contributed by atoms with Crippen LogP contribution in [0.3, 0.4) is 0 Å². The van der Waals surface area contributed by atoms with Crippen LogP contribution in [0.4, 0.5) is 11.4 Å². The van der Waals surface area contributed by atoms with Gasteiger partial charge in [0, 0.05) is 27.3 Å². The van der Waals surface area contributed by atoms with Gasteiger partial charge in [-0.15, -0.1) is 23.2 Å². The molecule has 0 aromatic heterocycles. The van der Waals surface area contributed by atoms with Gasteiger partial charge < -0.3 is 10.6 Å². The minimum absolute atomic E-state index is 0.113. The molecule has 0 saturated heterocycles. The van der Waals surface area contributed by atoms with E-state index in [0.717, 1.165) is 0 Å². The highest BCUT2D eigenvalue weighted by atomic mass is 35.5. The molecule has 2 amide bonds. The molecule has 0 aliphatic heterocycles. The predicted octanol–water partition coefficient (Wildman–Crippen LogP) is 7.95. The Morgan fingerprint density at radius 1 is 0.829 bits per heavy atom. The highest BCUT2D eigenvalue weighted by Gasteiger charge is 2.67. The summed E-state index contributed by atoms with van der Waals surface area (Å²) in [6.45, 7) is 0. The maximum absolute atomic E-state index is 13.0. The Morgan fingerprint density at radius 2 is 1.46 bits per heavy atom. The van der Waals surface area contributed by atoms with Gasteiger partial charge in [0.2, 0.25) is 5.91 Å². The summed E-state index contributed by atoms with van der Waals surface area (Å²) in [6, 6.07) is 15.8. The molecule has 0 bridgehead atoms. The normalized spacial score (nSPS) is 17.9. The standard InChI is InChI=1S/C24H13Cl6N3O2/c25-13-5-12(6-14(26)7-13)20-21(24(20,29)30)23(35)33-15-3-4-18(27)17(8-15)22(34)32-16-2-1-11(10-31)19(28)9-16/h1-9,20-21H,(H,32,34)(H,33,35). The first-order chi connectivity index (χ1) is 16.5. The summed E-state index contributed by atoms with van der Waals surface area (Å²) in [5, 5.41) is 15.5. The van der Waals surface area contributed by atoms with E-state index < -0.39 is 28.0 Å².